The van der Waals surface area contributed by atoms with Gasteiger partial charge in [-0.2, -0.15) is 0 Å². The molecule has 0 saturated heterocycles. The van der Waals surface area contributed by atoms with E-state index in [0.29, 0.717) is 5.82 Å². The summed E-state index contributed by atoms with van der Waals surface area (Å²) < 4.78 is 4.46. The van der Waals surface area contributed by atoms with Crippen molar-refractivity contribution in [1.29, 1.82) is 0 Å². The summed E-state index contributed by atoms with van der Waals surface area (Å²) in [6, 6.07) is -0.0449. The van der Waals surface area contributed by atoms with Crippen LogP contribution in [0.1, 0.15) is 83.4 Å². The lowest BCUT2D eigenvalue weighted by molar-refractivity contribution is 0.240. The predicted octanol–water partition coefficient (Wildman–Crippen LogP) is 4.07. The van der Waals surface area contributed by atoms with Crippen LogP contribution in [0.15, 0.2) is 21.5 Å². The number of aromatic amines is 1. The topological polar surface area (TPSA) is 100 Å². The first kappa shape index (κ1) is 23.0. The molecule has 0 fully saturated rings. The second kappa shape index (κ2) is 16.1. The fourth-order valence-electron chi connectivity index (χ4n) is 2.74. The molecule has 7 heteroatoms. The van der Waals surface area contributed by atoms with Crippen LogP contribution in [0.25, 0.3) is 0 Å². The molecule has 0 unspecified atom stereocenters. The van der Waals surface area contributed by atoms with E-state index in [1.165, 1.54) is 19.3 Å². The number of hydrogen-bond donors (Lipinski definition) is 3. The van der Waals surface area contributed by atoms with Crippen LogP contribution in [0.5, 0.6) is 0 Å². The van der Waals surface area contributed by atoms with Gasteiger partial charge in [0.1, 0.15) is 0 Å². The van der Waals surface area contributed by atoms with Gasteiger partial charge in [-0.05, 0) is 44.9 Å². The van der Waals surface area contributed by atoms with Crippen LogP contribution in [0.2, 0.25) is 0 Å². The molecule has 0 radical (unpaired) electrons. The minimum Gasteiger partial charge on any atom is -0.338 e. The Hall–Kier alpha value is -2.05. The number of nitrogens with zero attached hydrogens (tertiary/aromatic N) is 1. The molecule has 27 heavy (non-hydrogen) atoms. The first-order chi connectivity index (χ1) is 13.2. The van der Waals surface area contributed by atoms with Crippen LogP contribution in [-0.4, -0.2) is 29.3 Å². The average Bonchev–Trinajstić information content (AvgIpc) is 3.08. The van der Waals surface area contributed by atoms with E-state index in [4.69, 9.17) is 0 Å². The zero-order valence-corrected chi connectivity index (χ0v) is 16.7. The summed E-state index contributed by atoms with van der Waals surface area (Å²) in [5, 5.41) is 9.43. The number of allylic oxidation sites excluding steroid dienone is 2. The molecule has 0 spiro atoms. The standard InChI is InChI=1S/C20H36N4O3/c1-2-3-13-16-21-19(25)22-17-14-11-9-7-5-4-6-8-10-12-15-18-23-20(26)27-24-18/h5,7H,2-4,6,8-17H2,1H3,(H2,21,22,25)(H,23,24,26). The van der Waals surface area contributed by atoms with E-state index in [9.17, 15) is 9.59 Å². The molecule has 1 aromatic rings. The highest BCUT2D eigenvalue weighted by Crippen LogP contribution is 2.07. The Labute approximate surface area is 162 Å². The van der Waals surface area contributed by atoms with Crippen LogP contribution in [0, 0.1) is 0 Å². The molecule has 154 valence electrons. The summed E-state index contributed by atoms with van der Waals surface area (Å²) in [6.07, 6.45) is 17.5. The summed E-state index contributed by atoms with van der Waals surface area (Å²) in [7, 11) is 0. The highest BCUT2D eigenvalue weighted by molar-refractivity contribution is 5.73. The first-order valence-electron chi connectivity index (χ1n) is 10.4. The van der Waals surface area contributed by atoms with E-state index in [0.717, 1.165) is 70.9 Å². The molecule has 1 aromatic heterocycles. The van der Waals surface area contributed by atoms with Crippen LogP contribution in [0.3, 0.4) is 0 Å². The molecule has 0 atom stereocenters. The maximum Gasteiger partial charge on any atom is 0.438 e. The molecule has 0 saturated carbocycles. The summed E-state index contributed by atoms with van der Waals surface area (Å²) in [6.45, 7) is 3.66. The normalized spacial score (nSPS) is 11.1. The number of nitrogens with one attached hydrogen (secondary N) is 3. The van der Waals surface area contributed by atoms with Gasteiger partial charge in [0.25, 0.3) is 0 Å². The molecular weight excluding hydrogens is 344 g/mol. The van der Waals surface area contributed by atoms with Crippen LogP contribution >= 0.6 is 0 Å². The molecule has 0 aliphatic rings. The molecule has 0 bridgehead atoms. The maximum atomic E-state index is 11.5. The lowest BCUT2D eigenvalue weighted by Crippen LogP contribution is -2.36. The highest BCUT2D eigenvalue weighted by atomic mass is 16.5. The van der Waals surface area contributed by atoms with Gasteiger partial charge in [-0.25, -0.2) is 9.59 Å². The number of aromatic nitrogens is 2. The zero-order chi connectivity index (χ0) is 19.6. The Balaban J connectivity index is 1.81. The van der Waals surface area contributed by atoms with Gasteiger partial charge in [0.15, 0.2) is 5.82 Å². The van der Waals surface area contributed by atoms with Gasteiger partial charge < -0.3 is 10.6 Å². The van der Waals surface area contributed by atoms with Crippen molar-refractivity contribution in [3.63, 3.8) is 0 Å². The van der Waals surface area contributed by atoms with Gasteiger partial charge in [-0.3, -0.25) is 9.51 Å². The minimum absolute atomic E-state index is 0.0449. The highest BCUT2D eigenvalue weighted by Gasteiger charge is 1.99. The summed E-state index contributed by atoms with van der Waals surface area (Å²) in [5.41, 5.74) is 0. The molecule has 7 nitrogen and oxygen atoms in total. The molecule has 1 heterocycles. The van der Waals surface area contributed by atoms with E-state index >= 15 is 0 Å². The van der Waals surface area contributed by atoms with Crippen LogP contribution in [-0.2, 0) is 6.42 Å². The molecule has 0 aromatic carbocycles. The number of rotatable bonds is 16. The second-order valence-electron chi connectivity index (χ2n) is 6.85. The van der Waals surface area contributed by atoms with Crippen molar-refractivity contribution in [1.82, 2.24) is 20.8 Å². The van der Waals surface area contributed by atoms with E-state index in [1.54, 1.807) is 0 Å². The Morgan fingerprint density at radius 3 is 2.22 bits per heavy atom. The van der Waals surface area contributed by atoms with Gasteiger partial charge >= 0.3 is 11.8 Å². The van der Waals surface area contributed by atoms with Gasteiger partial charge in [0.05, 0.1) is 0 Å². The molecular formula is C20H36N4O3. The zero-order valence-electron chi connectivity index (χ0n) is 16.7. The van der Waals surface area contributed by atoms with E-state index in [2.05, 4.69) is 44.4 Å². The van der Waals surface area contributed by atoms with Crippen molar-refractivity contribution in [3.8, 4) is 0 Å². The fraction of sp³-hybridized carbons (Fsp3) is 0.750. The van der Waals surface area contributed by atoms with E-state index in [1.807, 2.05) is 0 Å². The number of aryl methyl sites for hydroxylation is 1. The number of carbonyl (C=O) groups excluding carboxylic acids is 1. The number of hydrogen-bond acceptors (Lipinski definition) is 4. The maximum absolute atomic E-state index is 11.5. The lowest BCUT2D eigenvalue weighted by Gasteiger charge is -2.06. The average molecular weight is 381 g/mol. The number of H-pyrrole nitrogens is 1. The summed E-state index contributed by atoms with van der Waals surface area (Å²) >= 11 is 0. The molecule has 0 aliphatic carbocycles. The number of amides is 2. The van der Waals surface area contributed by atoms with E-state index < -0.39 is 5.76 Å². The van der Waals surface area contributed by atoms with Gasteiger partial charge in [-0.15, -0.1) is 0 Å². The summed E-state index contributed by atoms with van der Waals surface area (Å²) in [5.74, 6) is 0.167. The van der Waals surface area contributed by atoms with Crippen LogP contribution in [0.4, 0.5) is 4.79 Å². The smallest absolute Gasteiger partial charge is 0.338 e. The third-order valence-corrected chi connectivity index (χ3v) is 4.34. The quantitative estimate of drug-likeness (QED) is 0.297. The van der Waals surface area contributed by atoms with Gasteiger partial charge in [0, 0.05) is 19.5 Å². The lowest BCUT2D eigenvalue weighted by atomic mass is 10.1. The van der Waals surface area contributed by atoms with Crippen molar-refractivity contribution in [3.05, 3.63) is 28.5 Å². The molecule has 2 amide bonds. The van der Waals surface area contributed by atoms with Crippen molar-refractivity contribution in [2.24, 2.45) is 0 Å². The van der Waals surface area contributed by atoms with Gasteiger partial charge in [-0.1, -0.05) is 49.9 Å². The second-order valence-corrected chi connectivity index (χ2v) is 6.85. The van der Waals surface area contributed by atoms with E-state index in [-0.39, 0.29) is 6.03 Å². The number of carbonyl (C=O) groups is 1. The first-order valence-corrected chi connectivity index (χ1v) is 10.4. The Morgan fingerprint density at radius 2 is 1.59 bits per heavy atom. The number of unbranched alkanes of at least 4 members (excludes halogenated alkanes) is 8. The fourth-order valence-corrected chi connectivity index (χ4v) is 2.74. The Morgan fingerprint density at radius 1 is 0.963 bits per heavy atom. The largest absolute Gasteiger partial charge is 0.438 e. The predicted molar refractivity (Wildman–Crippen MR) is 108 cm³/mol. The monoisotopic (exact) mass is 380 g/mol. The summed E-state index contributed by atoms with van der Waals surface area (Å²) in [4.78, 5) is 24.9. The van der Waals surface area contributed by atoms with Gasteiger partial charge in [0.2, 0.25) is 0 Å². The SMILES string of the molecule is CCCCCNC(=O)NCCCCC=CCCCCCCc1noc(=O)[nH]1. The van der Waals surface area contributed by atoms with Crippen molar-refractivity contribution >= 4 is 6.03 Å². The van der Waals surface area contributed by atoms with Crippen LogP contribution < -0.4 is 16.4 Å². The van der Waals surface area contributed by atoms with Crippen molar-refractivity contribution in [2.45, 2.75) is 84.0 Å². The minimum atomic E-state index is -0.475. The number of urea groups is 1. The van der Waals surface area contributed by atoms with Crippen molar-refractivity contribution < 1.29 is 9.32 Å². The van der Waals surface area contributed by atoms with Crippen molar-refractivity contribution in [2.75, 3.05) is 13.1 Å². The molecule has 1 rings (SSSR count). The third-order valence-electron chi connectivity index (χ3n) is 4.34. The molecule has 3 N–H and O–H groups in total. The molecule has 0 aliphatic heterocycles. The third kappa shape index (κ3) is 13.8. The Bertz CT molecular complexity index is 566. The Kier molecular flexibility index (Phi) is 13.7.